The maximum absolute atomic E-state index is 13.0. The van der Waals surface area contributed by atoms with Gasteiger partial charge in [-0.15, -0.1) is 5.10 Å². The number of nitrogens with zero attached hydrogens (tertiary/aromatic N) is 8. The first-order chi connectivity index (χ1) is 13.7. The van der Waals surface area contributed by atoms with Crippen molar-refractivity contribution in [2.45, 2.75) is 19.1 Å². The quantitative estimate of drug-likeness (QED) is 0.467. The molecule has 0 aliphatic carbocycles. The van der Waals surface area contributed by atoms with E-state index in [1.165, 1.54) is 11.0 Å². The van der Waals surface area contributed by atoms with Crippen molar-refractivity contribution < 1.29 is 13.2 Å². The Hall–Kier alpha value is -2.80. The minimum absolute atomic E-state index is 0.0741. The number of aromatic nitrogens is 8. The van der Waals surface area contributed by atoms with Crippen LogP contribution in [0.4, 0.5) is 19.1 Å². The van der Waals surface area contributed by atoms with E-state index in [1.807, 2.05) is 0 Å². The minimum atomic E-state index is -4.55. The second-order valence-corrected chi connectivity index (χ2v) is 7.20. The van der Waals surface area contributed by atoms with Crippen LogP contribution < -0.4 is 5.32 Å². The molecule has 4 rings (SSSR count). The molecule has 150 valence electrons. The van der Waals surface area contributed by atoms with Crippen LogP contribution in [-0.4, -0.2) is 39.3 Å². The number of anilines is 1. The second-order valence-electron chi connectivity index (χ2n) is 5.88. The molecule has 4 aromatic rings. The lowest BCUT2D eigenvalue weighted by Crippen LogP contribution is -2.16. The van der Waals surface area contributed by atoms with Crippen LogP contribution in [0.15, 0.2) is 35.5 Å². The number of hydrogen-bond acceptors (Lipinski definition) is 7. The van der Waals surface area contributed by atoms with Crippen LogP contribution in [0, 0.1) is 0 Å². The number of alkyl halides is 3. The molecular weight excluding hydrogens is 479 g/mol. The highest BCUT2D eigenvalue weighted by Gasteiger charge is 2.32. The van der Waals surface area contributed by atoms with Crippen molar-refractivity contribution in [3.05, 3.63) is 51.9 Å². The molecule has 0 radical (unpaired) electrons. The summed E-state index contributed by atoms with van der Waals surface area (Å²) in [6.07, 6.45) is 0.738. The summed E-state index contributed by atoms with van der Waals surface area (Å²) in [5, 5.41) is 10.9. The molecule has 1 N–H and O–H groups in total. The number of fused-ring (bicyclic) bond motifs is 1. The number of hydrogen-bond donors (Lipinski definition) is 1. The molecule has 0 spiro atoms. The van der Waals surface area contributed by atoms with E-state index in [2.05, 4.69) is 51.4 Å². The zero-order valence-corrected chi connectivity index (χ0v) is 16.8. The molecule has 0 saturated carbocycles. The minimum Gasteiger partial charge on any atom is -0.343 e. The summed E-state index contributed by atoms with van der Waals surface area (Å²) in [4.78, 5) is 16.7. The number of halogens is 5. The van der Waals surface area contributed by atoms with E-state index < -0.39 is 17.8 Å². The highest BCUT2D eigenvalue weighted by molar-refractivity contribution is 9.10. The van der Waals surface area contributed by atoms with Crippen molar-refractivity contribution in [1.82, 2.24) is 39.3 Å². The average molecular weight is 489 g/mol. The van der Waals surface area contributed by atoms with E-state index >= 15 is 0 Å². The molecule has 29 heavy (non-hydrogen) atoms. The van der Waals surface area contributed by atoms with E-state index in [-0.39, 0.29) is 16.6 Å². The zero-order chi connectivity index (χ0) is 20.8. The van der Waals surface area contributed by atoms with Crippen LogP contribution in [0.5, 0.6) is 0 Å². The summed E-state index contributed by atoms with van der Waals surface area (Å²) in [6, 6.07) is 0.336. The first-order valence-corrected chi connectivity index (χ1v) is 9.17. The molecule has 0 saturated heterocycles. The Morgan fingerprint density at radius 2 is 1.93 bits per heavy atom. The smallest absolute Gasteiger partial charge is 0.343 e. The maximum Gasteiger partial charge on any atom is 0.417 e. The molecular formula is C15H10BrClF3N9. The molecule has 0 aliphatic rings. The molecule has 0 fully saturated rings. The van der Waals surface area contributed by atoms with Crippen LogP contribution in [0.25, 0.3) is 11.6 Å². The normalized spacial score (nSPS) is 13.0. The van der Waals surface area contributed by atoms with Gasteiger partial charge in [0.25, 0.3) is 5.95 Å². The Kier molecular flexibility index (Phi) is 4.86. The van der Waals surface area contributed by atoms with Crippen molar-refractivity contribution in [1.29, 1.82) is 0 Å². The number of rotatable bonds is 4. The van der Waals surface area contributed by atoms with Crippen LogP contribution in [0.3, 0.4) is 0 Å². The Morgan fingerprint density at radius 3 is 2.62 bits per heavy atom. The van der Waals surface area contributed by atoms with Crippen LogP contribution in [0.1, 0.15) is 24.4 Å². The fraction of sp³-hybridized carbons (Fsp3) is 0.200. The van der Waals surface area contributed by atoms with Gasteiger partial charge in [0.05, 0.1) is 21.1 Å². The summed E-state index contributed by atoms with van der Waals surface area (Å²) in [5.74, 6) is 0.827. The van der Waals surface area contributed by atoms with Gasteiger partial charge in [-0.2, -0.15) is 27.9 Å². The zero-order valence-electron chi connectivity index (χ0n) is 14.4. The lowest BCUT2D eigenvalue weighted by Gasteiger charge is -2.12. The van der Waals surface area contributed by atoms with Gasteiger partial charge in [0.1, 0.15) is 6.33 Å². The van der Waals surface area contributed by atoms with Gasteiger partial charge in [-0.05, 0) is 28.9 Å². The molecule has 0 aliphatic heterocycles. The van der Waals surface area contributed by atoms with Gasteiger partial charge >= 0.3 is 6.18 Å². The van der Waals surface area contributed by atoms with Gasteiger partial charge in [-0.25, -0.2) is 19.5 Å². The molecule has 1 atom stereocenters. The molecule has 14 heteroatoms. The third-order valence-corrected chi connectivity index (χ3v) is 4.51. The van der Waals surface area contributed by atoms with Crippen molar-refractivity contribution in [2.75, 3.05) is 5.32 Å². The fourth-order valence-electron chi connectivity index (χ4n) is 2.54. The molecule has 0 aromatic carbocycles. The van der Waals surface area contributed by atoms with E-state index in [9.17, 15) is 13.2 Å². The third-order valence-electron chi connectivity index (χ3n) is 3.82. The van der Waals surface area contributed by atoms with Crippen LogP contribution in [0.2, 0.25) is 5.02 Å². The summed E-state index contributed by atoms with van der Waals surface area (Å²) >= 11 is 9.20. The highest BCUT2D eigenvalue weighted by atomic mass is 79.9. The Balaban J connectivity index is 1.63. The molecule has 0 unspecified atom stereocenters. The Morgan fingerprint density at radius 1 is 1.21 bits per heavy atom. The van der Waals surface area contributed by atoms with Crippen molar-refractivity contribution >= 4 is 39.1 Å². The largest absolute Gasteiger partial charge is 0.417 e. The molecule has 4 heterocycles. The van der Waals surface area contributed by atoms with Crippen molar-refractivity contribution in [2.24, 2.45) is 0 Å². The Bertz CT molecular complexity index is 1170. The van der Waals surface area contributed by atoms with Gasteiger partial charge in [-0.3, -0.25) is 0 Å². The summed E-state index contributed by atoms with van der Waals surface area (Å²) in [6.45, 7) is 1.76. The fourth-order valence-corrected chi connectivity index (χ4v) is 2.99. The lowest BCUT2D eigenvalue weighted by molar-refractivity contribution is -0.137. The number of pyridine rings is 1. The van der Waals surface area contributed by atoms with E-state index in [0.717, 1.165) is 16.8 Å². The average Bonchev–Trinajstić information content (AvgIpc) is 3.28. The molecule has 4 aromatic heterocycles. The number of nitrogens with one attached hydrogen (secondary N) is 1. The standard InChI is InChI=1S/C15H10BrClF3N9/c1-7(11-23-6-24-29(11)14-21-3-9(16)4-22-14)25-13-26-12-10(17)2-8(15(18,19)20)5-28(12)27-13/h2-7H,1H3,(H,25,27)/t7-/m0/s1. The van der Waals surface area contributed by atoms with Crippen LogP contribution in [-0.2, 0) is 6.18 Å². The first-order valence-electron chi connectivity index (χ1n) is 8.00. The molecule has 0 amide bonds. The van der Waals surface area contributed by atoms with Gasteiger partial charge in [0.15, 0.2) is 11.5 Å². The molecule has 0 bridgehead atoms. The predicted molar refractivity (Wildman–Crippen MR) is 99.7 cm³/mol. The SMILES string of the molecule is C[C@H](Nc1nc2c(Cl)cc(C(F)(F)F)cn2n1)c1ncnn1-c1ncc(Br)cn1. The monoisotopic (exact) mass is 487 g/mol. The van der Waals surface area contributed by atoms with E-state index in [1.54, 1.807) is 19.3 Å². The lowest BCUT2D eigenvalue weighted by atomic mass is 10.3. The second kappa shape index (κ2) is 7.22. The predicted octanol–water partition coefficient (Wildman–Crippen LogP) is 3.71. The van der Waals surface area contributed by atoms with Gasteiger partial charge in [0.2, 0.25) is 5.95 Å². The maximum atomic E-state index is 13.0. The summed E-state index contributed by atoms with van der Waals surface area (Å²) in [5.41, 5.74) is -0.835. The summed E-state index contributed by atoms with van der Waals surface area (Å²) < 4.78 is 42.0. The van der Waals surface area contributed by atoms with Gasteiger partial charge in [-0.1, -0.05) is 11.6 Å². The third kappa shape index (κ3) is 3.87. The Labute approximate surface area is 174 Å². The highest BCUT2D eigenvalue weighted by Crippen LogP contribution is 2.32. The summed E-state index contributed by atoms with van der Waals surface area (Å²) in [7, 11) is 0. The molecule has 9 nitrogen and oxygen atoms in total. The van der Waals surface area contributed by atoms with E-state index in [0.29, 0.717) is 16.2 Å². The van der Waals surface area contributed by atoms with Crippen LogP contribution >= 0.6 is 27.5 Å². The van der Waals surface area contributed by atoms with Gasteiger partial charge in [0, 0.05) is 18.6 Å². The first kappa shape index (κ1) is 19.5. The van der Waals surface area contributed by atoms with Crippen molar-refractivity contribution in [3.8, 4) is 5.95 Å². The topological polar surface area (TPSA) is 98.7 Å². The van der Waals surface area contributed by atoms with E-state index in [4.69, 9.17) is 11.6 Å². The van der Waals surface area contributed by atoms with Crippen molar-refractivity contribution in [3.63, 3.8) is 0 Å². The van der Waals surface area contributed by atoms with Gasteiger partial charge < -0.3 is 5.32 Å².